The molecule has 1 aliphatic heterocycles. The van der Waals surface area contributed by atoms with E-state index >= 15 is 0 Å². The number of halogens is 1. The van der Waals surface area contributed by atoms with Crippen LogP contribution >= 0.6 is 0 Å². The average molecular weight is 288 g/mol. The monoisotopic (exact) mass is 288 g/mol. The number of ether oxygens (including phenoxy) is 2. The summed E-state index contributed by atoms with van der Waals surface area (Å²) >= 11 is 0. The zero-order chi connectivity index (χ0) is 14.8. The number of para-hydroxylation sites is 1. The van der Waals surface area contributed by atoms with Gasteiger partial charge in [-0.3, -0.25) is 0 Å². The van der Waals surface area contributed by atoms with Crippen LogP contribution in [0.4, 0.5) is 10.1 Å². The molecule has 1 aliphatic rings. The van der Waals surface area contributed by atoms with Crippen molar-refractivity contribution in [2.24, 2.45) is 5.73 Å². The van der Waals surface area contributed by atoms with Crippen molar-refractivity contribution >= 4 is 5.69 Å². The number of hydrogen-bond donors (Lipinski definition) is 1. The molecule has 2 aromatic rings. The Morgan fingerprint density at radius 3 is 2.76 bits per heavy atom. The Morgan fingerprint density at radius 1 is 1.19 bits per heavy atom. The summed E-state index contributed by atoms with van der Waals surface area (Å²) in [5, 5.41) is 0. The fourth-order valence-corrected chi connectivity index (χ4v) is 2.40. The lowest BCUT2D eigenvalue weighted by Gasteiger charge is -2.24. The van der Waals surface area contributed by atoms with Crippen LogP contribution in [0.25, 0.3) is 0 Å². The van der Waals surface area contributed by atoms with E-state index in [1.807, 2.05) is 30.1 Å². The van der Waals surface area contributed by atoms with Gasteiger partial charge < -0.3 is 20.1 Å². The van der Waals surface area contributed by atoms with E-state index in [2.05, 4.69) is 0 Å². The molecule has 1 unspecified atom stereocenters. The van der Waals surface area contributed by atoms with Gasteiger partial charge in [0.25, 0.3) is 0 Å². The third-order valence-corrected chi connectivity index (χ3v) is 3.56. The van der Waals surface area contributed by atoms with Crippen molar-refractivity contribution < 1.29 is 13.9 Å². The molecule has 2 N–H and O–H groups in total. The van der Waals surface area contributed by atoms with Crippen molar-refractivity contribution in [2.45, 2.75) is 6.04 Å². The number of hydrogen-bond acceptors (Lipinski definition) is 4. The third kappa shape index (κ3) is 2.78. The highest BCUT2D eigenvalue weighted by atomic mass is 19.1. The molecule has 110 valence electrons. The van der Waals surface area contributed by atoms with Gasteiger partial charge in [-0.05, 0) is 29.8 Å². The Morgan fingerprint density at radius 2 is 1.95 bits per heavy atom. The van der Waals surface area contributed by atoms with Crippen LogP contribution in [0.15, 0.2) is 42.5 Å². The van der Waals surface area contributed by atoms with Crippen LogP contribution in [-0.2, 0) is 0 Å². The first-order chi connectivity index (χ1) is 10.1. The molecule has 0 bridgehead atoms. The molecule has 5 heteroatoms. The normalized spacial score (nSPS) is 14.0. The standard InChI is InChI=1S/C16H17FN2O2/c1-19(14-5-3-2-4-12(14)17)9-13(18)11-6-7-15-16(8-11)21-10-20-15/h2-8,13H,9-10,18H2,1H3. The Kier molecular flexibility index (Phi) is 3.66. The first-order valence-corrected chi connectivity index (χ1v) is 6.76. The van der Waals surface area contributed by atoms with E-state index in [9.17, 15) is 4.39 Å². The van der Waals surface area contributed by atoms with Crippen LogP contribution in [0.1, 0.15) is 11.6 Å². The number of fused-ring (bicyclic) bond motifs is 1. The quantitative estimate of drug-likeness (QED) is 0.939. The van der Waals surface area contributed by atoms with Crippen LogP contribution < -0.4 is 20.1 Å². The van der Waals surface area contributed by atoms with Gasteiger partial charge in [-0.25, -0.2) is 4.39 Å². The van der Waals surface area contributed by atoms with E-state index in [0.29, 0.717) is 18.0 Å². The molecule has 0 fully saturated rings. The second-order valence-corrected chi connectivity index (χ2v) is 5.05. The Hall–Kier alpha value is -2.27. The van der Waals surface area contributed by atoms with Crippen molar-refractivity contribution in [1.29, 1.82) is 0 Å². The summed E-state index contributed by atoms with van der Waals surface area (Å²) in [4.78, 5) is 1.81. The van der Waals surface area contributed by atoms with Gasteiger partial charge in [-0.2, -0.15) is 0 Å². The zero-order valence-electron chi connectivity index (χ0n) is 11.8. The van der Waals surface area contributed by atoms with Crippen molar-refractivity contribution in [3.63, 3.8) is 0 Å². The van der Waals surface area contributed by atoms with Crippen LogP contribution in [0.2, 0.25) is 0 Å². The maximum Gasteiger partial charge on any atom is 0.231 e. The molecule has 4 nitrogen and oxygen atoms in total. The number of nitrogens with zero attached hydrogens (tertiary/aromatic N) is 1. The van der Waals surface area contributed by atoms with Gasteiger partial charge >= 0.3 is 0 Å². The minimum Gasteiger partial charge on any atom is -0.454 e. The van der Waals surface area contributed by atoms with Gasteiger partial charge in [-0.1, -0.05) is 18.2 Å². The molecule has 3 rings (SSSR count). The number of likely N-dealkylation sites (N-methyl/N-ethyl adjacent to an activating group) is 1. The van der Waals surface area contributed by atoms with Gasteiger partial charge in [0.15, 0.2) is 11.5 Å². The second kappa shape index (κ2) is 5.61. The van der Waals surface area contributed by atoms with Gasteiger partial charge in [0.05, 0.1) is 5.69 Å². The lowest BCUT2D eigenvalue weighted by atomic mass is 10.1. The number of anilines is 1. The summed E-state index contributed by atoms with van der Waals surface area (Å²) in [6.45, 7) is 0.740. The fraction of sp³-hybridized carbons (Fsp3) is 0.250. The minimum atomic E-state index is -0.252. The van der Waals surface area contributed by atoms with Crippen molar-refractivity contribution in [1.82, 2.24) is 0 Å². The van der Waals surface area contributed by atoms with Gasteiger partial charge in [0, 0.05) is 19.6 Å². The Balaban J connectivity index is 1.74. The largest absolute Gasteiger partial charge is 0.454 e. The number of rotatable bonds is 4. The first-order valence-electron chi connectivity index (χ1n) is 6.76. The molecule has 0 aliphatic carbocycles. The highest BCUT2D eigenvalue weighted by molar-refractivity contribution is 5.48. The lowest BCUT2D eigenvalue weighted by molar-refractivity contribution is 0.174. The molecule has 1 heterocycles. The molecule has 0 spiro atoms. The van der Waals surface area contributed by atoms with E-state index in [1.165, 1.54) is 6.07 Å². The molecule has 0 amide bonds. The summed E-state index contributed by atoms with van der Waals surface area (Å²) in [6, 6.07) is 12.0. The van der Waals surface area contributed by atoms with Crippen LogP contribution in [-0.4, -0.2) is 20.4 Å². The lowest BCUT2D eigenvalue weighted by Crippen LogP contribution is -2.29. The smallest absolute Gasteiger partial charge is 0.231 e. The van der Waals surface area contributed by atoms with E-state index in [4.69, 9.17) is 15.2 Å². The van der Waals surface area contributed by atoms with Crippen LogP contribution in [0.3, 0.4) is 0 Å². The van der Waals surface area contributed by atoms with Gasteiger partial charge in [0.1, 0.15) is 5.82 Å². The van der Waals surface area contributed by atoms with E-state index < -0.39 is 0 Å². The van der Waals surface area contributed by atoms with Crippen LogP contribution in [0, 0.1) is 5.82 Å². The predicted molar refractivity (Wildman–Crippen MR) is 79.2 cm³/mol. The molecule has 0 saturated carbocycles. The maximum absolute atomic E-state index is 13.8. The molecule has 1 atom stereocenters. The summed E-state index contributed by atoms with van der Waals surface area (Å²) in [5.41, 5.74) is 7.69. The SMILES string of the molecule is CN(CC(N)c1ccc2c(c1)OCO2)c1ccccc1F. The molecule has 0 radical (unpaired) electrons. The predicted octanol–water partition coefficient (Wildman–Crippen LogP) is 2.69. The van der Waals surface area contributed by atoms with E-state index in [-0.39, 0.29) is 18.7 Å². The average Bonchev–Trinajstić information content (AvgIpc) is 2.94. The molecule has 0 aromatic heterocycles. The number of benzene rings is 2. The third-order valence-electron chi connectivity index (χ3n) is 3.56. The van der Waals surface area contributed by atoms with E-state index in [0.717, 1.165) is 11.3 Å². The Bertz CT molecular complexity index is 648. The van der Waals surface area contributed by atoms with Crippen molar-refractivity contribution in [3.8, 4) is 11.5 Å². The topological polar surface area (TPSA) is 47.7 Å². The highest BCUT2D eigenvalue weighted by Gasteiger charge is 2.17. The summed E-state index contributed by atoms with van der Waals surface area (Å²) in [5.74, 6) is 1.18. The molecular weight excluding hydrogens is 271 g/mol. The first kappa shape index (κ1) is 13.7. The molecule has 2 aromatic carbocycles. The summed E-state index contributed by atoms with van der Waals surface area (Å²) < 4.78 is 24.4. The van der Waals surface area contributed by atoms with Gasteiger partial charge in [0.2, 0.25) is 6.79 Å². The van der Waals surface area contributed by atoms with Crippen LogP contribution in [0.5, 0.6) is 11.5 Å². The second-order valence-electron chi connectivity index (χ2n) is 5.05. The molecule has 0 saturated heterocycles. The van der Waals surface area contributed by atoms with E-state index in [1.54, 1.807) is 18.2 Å². The number of nitrogens with two attached hydrogens (primary N) is 1. The van der Waals surface area contributed by atoms with Crippen molar-refractivity contribution in [2.75, 3.05) is 25.3 Å². The summed E-state index contributed by atoms with van der Waals surface area (Å²) in [7, 11) is 1.82. The fourth-order valence-electron chi connectivity index (χ4n) is 2.40. The zero-order valence-corrected chi connectivity index (χ0v) is 11.8. The molecular formula is C16H17FN2O2. The highest BCUT2D eigenvalue weighted by Crippen LogP contribution is 2.34. The summed E-state index contributed by atoms with van der Waals surface area (Å²) in [6.07, 6.45) is 0. The van der Waals surface area contributed by atoms with Crippen molar-refractivity contribution in [3.05, 3.63) is 53.8 Å². The minimum absolute atomic E-state index is 0.239. The Labute approximate surface area is 122 Å². The van der Waals surface area contributed by atoms with Gasteiger partial charge in [-0.15, -0.1) is 0 Å². The maximum atomic E-state index is 13.8. The molecule has 21 heavy (non-hydrogen) atoms.